The van der Waals surface area contributed by atoms with Crippen LogP contribution in [0.4, 0.5) is 34.1 Å². The molecule has 12 rings (SSSR count). The van der Waals surface area contributed by atoms with Crippen LogP contribution in [0, 0.1) is 0 Å². The summed E-state index contributed by atoms with van der Waals surface area (Å²) in [6.07, 6.45) is 0. The van der Waals surface area contributed by atoms with Gasteiger partial charge in [-0.3, -0.25) is 0 Å². The maximum atomic E-state index is 2.48. The molecule has 0 bridgehead atoms. The van der Waals surface area contributed by atoms with Crippen LogP contribution in [0.5, 0.6) is 0 Å². The second kappa shape index (κ2) is 14.7. The van der Waals surface area contributed by atoms with Crippen LogP contribution in [0.1, 0.15) is 0 Å². The summed E-state index contributed by atoms with van der Waals surface area (Å²) in [5.74, 6) is 0. The predicted molar refractivity (Wildman–Crippen MR) is 262 cm³/mol. The third-order valence-electron chi connectivity index (χ3n) is 12.2. The minimum atomic E-state index is 1.05. The molecule has 4 heteroatoms. The summed E-state index contributed by atoms with van der Waals surface area (Å²) in [6.45, 7) is 0. The van der Waals surface area contributed by atoms with Crippen molar-refractivity contribution in [3.05, 3.63) is 243 Å². The third kappa shape index (κ3) is 5.84. The Morgan fingerprint density at radius 2 is 0.694 bits per heavy atom. The van der Waals surface area contributed by atoms with Gasteiger partial charge in [0.2, 0.25) is 0 Å². The number of hydrogen-bond acceptors (Lipinski definition) is 2. The van der Waals surface area contributed by atoms with Crippen LogP contribution in [-0.4, -0.2) is 9.13 Å². The van der Waals surface area contributed by atoms with E-state index in [1.165, 1.54) is 43.4 Å². The van der Waals surface area contributed by atoms with E-state index in [0.717, 1.165) is 56.5 Å². The van der Waals surface area contributed by atoms with Crippen LogP contribution < -0.4 is 9.80 Å². The van der Waals surface area contributed by atoms with Gasteiger partial charge in [-0.25, -0.2) is 0 Å². The lowest BCUT2D eigenvalue weighted by molar-refractivity contribution is 1.15. The molecule has 0 aliphatic rings. The molecule has 10 aromatic carbocycles. The molecule has 0 fully saturated rings. The Morgan fingerprint density at radius 3 is 1.26 bits per heavy atom. The molecule has 62 heavy (non-hydrogen) atoms. The van der Waals surface area contributed by atoms with Crippen molar-refractivity contribution in [2.75, 3.05) is 9.80 Å². The maximum Gasteiger partial charge on any atom is 0.0562 e. The summed E-state index contributed by atoms with van der Waals surface area (Å²) in [4.78, 5) is 4.73. The Bertz CT molecular complexity index is 3380. The summed E-state index contributed by atoms with van der Waals surface area (Å²) in [7, 11) is 0. The van der Waals surface area contributed by atoms with Crippen LogP contribution >= 0.6 is 0 Å². The molecule has 2 aromatic heterocycles. The fourth-order valence-electron chi connectivity index (χ4n) is 9.55. The molecule has 0 atom stereocenters. The molecule has 0 unspecified atom stereocenters. The van der Waals surface area contributed by atoms with Gasteiger partial charge in [0, 0.05) is 50.0 Å². The minimum Gasteiger partial charge on any atom is -0.310 e. The van der Waals surface area contributed by atoms with Crippen LogP contribution in [0.15, 0.2) is 243 Å². The third-order valence-corrected chi connectivity index (χ3v) is 12.2. The van der Waals surface area contributed by atoms with Gasteiger partial charge in [-0.1, -0.05) is 140 Å². The van der Waals surface area contributed by atoms with Crippen LogP contribution in [-0.2, 0) is 0 Å². The Balaban J connectivity index is 1.21. The van der Waals surface area contributed by atoms with Crippen molar-refractivity contribution in [2.45, 2.75) is 0 Å². The number of para-hydroxylation sites is 6. The molecule has 292 valence electrons. The average Bonchev–Trinajstić information content (AvgIpc) is 3.85. The van der Waals surface area contributed by atoms with E-state index in [4.69, 9.17) is 0 Å². The molecule has 0 amide bonds. The zero-order valence-corrected chi connectivity index (χ0v) is 33.9. The first-order chi connectivity index (χ1) is 30.8. The Labute approximate surface area is 360 Å². The first-order valence-electron chi connectivity index (χ1n) is 21.2. The van der Waals surface area contributed by atoms with Crippen LogP contribution in [0.2, 0.25) is 0 Å². The highest BCUT2D eigenvalue weighted by Gasteiger charge is 2.23. The quantitative estimate of drug-likeness (QED) is 0.152. The van der Waals surface area contributed by atoms with E-state index >= 15 is 0 Å². The maximum absolute atomic E-state index is 2.48. The fourth-order valence-corrected chi connectivity index (χ4v) is 9.55. The molecule has 0 spiro atoms. The van der Waals surface area contributed by atoms with E-state index in [9.17, 15) is 0 Å². The zero-order chi connectivity index (χ0) is 41.0. The van der Waals surface area contributed by atoms with Crippen molar-refractivity contribution in [2.24, 2.45) is 0 Å². The number of rotatable bonds is 8. The van der Waals surface area contributed by atoms with Gasteiger partial charge in [-0.2, -0.15) is 0 Å². The molecular weight excluding hydrogens is 753 g/mol. The monoisotopic (exact) mass is 792 g/mol. The van der Waals surface area contributed by atoms with Crippen LogP contribution in [0.25, 0.3) is 65.8 Å². The average molecular weight is 793 g/mol. The minimum absolute atomic E-state index is 1.05. The summed E-state index contributed by atoms with van der Waals surface area (Å²) in [6, 6.07) is 87.7. The Morgan fingerprint density at radius 1 is 0.242 bits per heavy atom. The number of benzene rings is 10. The first-order valence-corrected chi connectivity index (χ1v) is 21.2. The molecule has 0 aliphatic carbocycles. The Kier molecular flexibility index (Phi) is 8.46. The van der Waals surface area contributed by atoms with Gasteiger partial charge in [0.25, 0.3) is 0 Å². The van der Waals surface area contributed by atoms with Gasteiger partial charge in [0.1, 0.15) is 0 Å². The molecule has 2 heterocycles. The molecule has 0 radical (unpaired) electrons. The van der Waals surface area contributed by atoms with E-state index in [2.05, 4.69) is 262 Å². The second-order valence-electron chi connectivity index (χ2n) is 15.8. The van der Waals surface area contributed by atoms with E-state index in [1.54, 1.807) is 0 Å². The summed E-state index contributed by atoms with van der Waals surface area (Å²) in [5, 5.41) is 7.43. The van der Waals surface area contributed by atoms with Gasteiger partial charge >= 0.3 is 0 Å². The van der Waals surface area contributed by atoms with E-state index < -0.39 is 0 Å². The van der Waals surface area contributed by atoms with Gasteiger partial charge in [-0.15, -0.1) is 0 Å². The van der Waals surface area contributed by atoms with Gasteiger partial charge in [-0.05, 0) is 114 Å². The summed E-state index contributed by atoms with van der Waals surface area (Å²) < 4.78 is 4.92. The number of hydrogen-bond donors (Lipinski definition) is 0. The van der Waals surface area contributed by atoms with E-state index in [-0.39, 0.29) is 0 Å². The normalized spacial score (nSPS) is 11.5. The highest BCUT2D eigenvalue weighted by Crippen LogP contribution is 2.45. The summed E-state index contributed by atoms with van der Waals surface area (Å²) >= 11 is 0. The highest BCUT2D eigenvalue weighted by atomic mass is 15.2. The van der Waals surface area contributed by atoms with Crippen molar-refractivity contribution in [1.29, 1.82) is 0 Å². The number of nitrogens with zero attached hydrogens (tertiary/aromatic N) is 4. The van der Waals surface area contributed by atoms with Gasteiger partial charge in [0.05, 0.1) is 39.1 Å². The lowest BCUT2D eigenvalue weighted by Gasteiger charge is -2.30. The van der Waals surface area contributed by atoms with Crippen LogP contribution in [0.3, 0.4) is 0 Å². The SMILES string of the molecule is c1ccc(N(c2ccccc2)c2cc(N(c3ccccc3)c3ccccc3)cc(-n3c4ccccc4c4cc5c6c7ccccc7ccc6n(-c6ccccc6)c5cc43)c2)cc1. The van der Waals surface area contributed by atoms with Crippen molar-refractivity contribution >= 4 is 88.5 Å². The molecule has 12 aromatic rings. The number of aromatic nitrogens is 2. The fraction of sp³-hybridized carbons (Fsp3) is 0. The van der Waals surface area contributed by atoms with E-state index in [1.807, 2.05) is 0 Å². The smallest absolute Gasteiger partial charge is 0.0562 e. The van der Waals surface area contributed by atoms with Crippen molar-refractivity contribution in [3.8, 4) is 11.4 Å². The topological polar surface area (TPSA) is 16.3 Å². The lowest BCUT2D eigenvalue weighted by Crippen LogP contribution is -2.14. The van der Waals surface area contributed by atoms with Crippen molar-refractivity contribution in [1.82, 2.24) is 9.13 Å². The highest BCUT2D eigenvalue weighted by molar-refractivity contribution is 6.25. The van der Waals surface area contributed by atoms with Crippen molar-refractivity contribution in [3.63, 3.8) is 0 Å². The predicted octanol–water partition coefficient (Wildman–Crippen LogP) is 16.0. The van der Waals surface area contributed by atoms with Gasteiger partial charge in [0.15, 0.2) is 0 Å². The number of fused-ring (bicyclic) bond motifs is 8. The molecule has 4 nitrogen and oxygen atoms in total. The largest absolute Gasteiger partial charge is 0.310 e. The second-order valence-corrected chi connectivity index (χ2v) is 15.8. The van der Waals surface area contributed by atoms with E-state index in [0.29, 0.717) is 0 Å². The Hall–Kier alpha value is -8.34. The first kappa shape index (κ1) is 35.6. The van der Waals surface area contributed by atoms with Gasteiger partial charge < -0.3 is 18.9 Å². The standard InChI is InChI=1S/C58H40N4/c1-6-21-42(22-7-1)59(43-23-8-2-9-24-43)47-36-48(60(44-25-10-3-11-26-44)45-27-12-4-13-28-45)38-49(37-47)62-54-33-19-18-32-51(54)52-39-53-57(40-56(52)62)61(46-29-14-5-15-30-46)55-35-34-41-20-16-17-31-50(41)58(53)55/h1-40H. The summed E-state index contributed by atoms with van der Waals surface area (Å²) in [5.41, 5.74) is 13.3. The molecular formula is C58H40N4. The molecule has 0 aliphatic heterocycles. The molecule has 0 N–H and O–H groups in total. The lowest BCUT2D eigenvalue weighted by atomic mass is 10.0. The zero-order valence-electron chi connectivity index (χ0n) is 33.9. The number of anilines is 6. The molecule has 0 saturated heterocycles. The van der Waals surface area contributed by atoms with Crippen molar-refractivity contribution < 1.29 is 0 Å². The molecule has 0 saturated carbocycles.